The lowest BCUT2D eigenvalue weighted by Gasteiger charge is -2.13. The predicted octanol–water partition coefficient (Wildman–Crippen LogP) is 4.82. The number of aliphatic hydroxyl groups is 1. The quantitative estimate of drug-likeness (QED) is 0.591. The molecule has 130 valence electrons. The van der Waals surface area contributed by atoms with Gasteiger partial charge in [-0.15, -0.1) is 0 Å². The molecule has 0 radical (unpaired) electrons. The molecule has 0 atom stereocenters. The third kappa shape index (κ3) is 5.99. The monoisotopic (exact) mass is 367 g/mol. The van der Waals surface area contributed by atoms with Gasteiger partial charge in [0.25, 0.3) is 0 Å². The summed E-state index contributed by atoms with van der Waals surface area (Å²) in [6.07, 6.45) is 2.95. The second-order valence-corrected chi connectivity index (χ2v) is 6.37. The summed E-state index contributed by atoms with van der Waals surface area (Å²) in [6.45, 7) is 2.27. The van der Waals surface area contributed by atoms with Crippen LogP contribution in [-0.2, 0) is 13.2 Å². The summed E-state index contributed by atoms with van der Waals surface area (Å²) in [4.78, 5) is 0. The molecule has 0 heterocycles. The average Bonchev–Trinajstić information content (AvgIpc) is 2.58. The minimum absolute atomic E-state index is 0.265. The Hall–Kier alpha value is -1.26. The van der Waals surface area contributed by atoms with Crippen LogP contribution < -0.4 is 10.1 Å². The number of unbranched alkanes of at least 4 members (excludes halogenated alkanes) is 2. The summed E-state index contributed by atoms with van der Waals surface area (Å²) >= 11 is 12.4. The van der Waals surface area contributed by atoms with Gasteiger partial charge in [-0.2, -0.15) is 0 Å². The van der Waals surface area contributed by atoms with Crippen molar-refractivity contribution in [3.05, 3.63) is 63.6 Å². The van der Waals surface area contributed by atoms with Crippen molar-refractivity contribution in [3.63, 3.8) is 0 Å². The molecule has 2 N–H and O–H groups in total. The molecule has 2 aromatic carbocycles. The first-order valence-corrected chi connectivity index (χ1v) is 8.93. The summed E-state index contributed by atoms with van der Waals surface area (Å²) in [7, 11) is 0. The predicted molar refractivity (Wildman–Crippen MR) is 99.9 cm³/mol. The molecule has 24 heavy (non-hydrogen) atoms. The van der Waals surface area contributed by atoms with Crippen molar-refractivity contribution in [2.45, 2.75) is 32.4 Å². The van der Waals surface area contributed by atoms with E-state index in [1.165, 1.54) is 0 Å². The Labute approximate surface area is 153 Å². The zero-order valence-corrected chi connectivity index (χ0v) is 15.1. The van der Waals surface area contributed by atoms with Gasteiger partial charge in [-0.1, -0.05) is 47.5 Å². The Bertz CT molecular complexity index is 614. The molecule has 0 saturated carbocycles. The van der Waals surface area contributed by atoms with Crippen LogP contribution in [-0.4, -0.2) is 18.3 Å². The molecular weight excluding hydrogens is 345 g/mol. The first-order valence-electron chi connectivity index (χ1n) is 8.17. The molecular formula is C19H23Cl2NO2. The maximum Gasteiger partial charge on any atom is 0.124 e. The molecule has 2 aromatic rings. The van der Waals surface area contributed by atoms with Gasteiger partial charge >= 0.3 is 0 Å². The number of aliphatic hydroxyl groups excluding tert-OH is 1. The average molecular weight is 368 g/mol. The van der Waals surface area contributed by atoms with Crippen LogP contribution in [0.1, 0.15) is 30.4 Å². The van der Waals surface area contributed by atoms with Gasteiger partial charge < -0.3 is 15.2 Å². The molecule has 2 rings (SSSR count). The van der Waals surface area contributed by atoms with E-state index in [1.807, 2.05) is 42.5 Å². The van der Waals surface area contributed by atoms with Crippen LogP contribution in [0.25, 0.3) is 0 Å². The SMILES string of the molecule is OCCCCCNCc1ccccc1OCc1c(Cl)cccc1Cl. The number of ether oxygens (including phenoxy) is 1. The number of para-hydroxylation sites is 1. The Balaban J connectivity index is 1.89. The molecule has 0 fully saturated rings. The van der Waals surface area contributed by atoms with Crippen molar-refractivity contribution in [1.82, 2.24) is 5.32 Å². The fraction of sp³-hybridized carbons (Fsp3) is 0.368. The molecule has 5 heteroatoms. The highest BCUT2D eigenvalue weighted by Gasteiger charge is 2.08. The fourth-order valence-corrected chi connectivity index (χ4v) is 2.88. The Morgan fingerprint density at radius 3 is 2.42 bits per heavy atom. The van der Waals surface area contributed by atoms with Crippen LogP contribution in [0.2, 0.25) is 10.0 Å². The van der Waals surface area contributed by atoms with Gasteiger partial charge in [-0.25, -0.2) is 0 Å². The summed E-state index contributed by atoms with van der Waals surface area (Å²) in [5.74, 6) is 0.830. The van der Waals surface area contributed by atoms with Gasteiger partial charge in [0.1, 0.15) is 12.4 Å². The smallest absolute Gasteiger partial charge is 0.124 e. The maximum atomic E-state index is 8.77. The lowest BCUT2D eigenvalue weighted by molar-refractivity contribution is 0.282. The van der Waals surface area contributed by atoms with Crippen molar-refractivity contribution in [3.8, 4) is 5.75 Å². The van der Waals surface area contributed by atoms with Gasteiger partial charge in [0.15, 0.2) is 0 Å². The van der Waals surface area contributed by atoms with E-state index in [-0.39, 0.29) is 6.61 Å². The highest BCUT2D eigenvalue weighted by molar-refractivity contribution is 6.35. The lowest BCUT2D eigenvalue weighted by atomic mass is 10.2. The third-order valence-electron chi connectivity index (χ3n) is 3.73. The van der Waals surface area contributed by atoms with Crippen molar-refractivity contribution >= 4 is 23.2 Å². The molecule has 3 nitrogen and oxygen atoms in total. The third-order valence-corrected chi connectivity index (χ3v) is 4.44. The molecule has 0 unspecified atom stereocenters. The minimum atomic E-state index is 0.265. The van der Waals surface area contributed by atoms with Crippen LogP contribution in [0.4, 0.5) is 0 Å². The molecule has 0 amide bonds. The highest BCUT2D eigenvalue weighted by atomic mass is 35.5. The van der Waals surface area contributed by atoms with E-state index >= 15 is 0 Å². The van der Waals surface area contributed by atoms with Crippen LogP contribution in [0.5, 0.6) is 5.75 Å². The van der Waals surface area contributed by atoms with E-state index in [0.717, 1.165) is 49.2 Å². The molecule has 0 saturated heterocycles. The lowest BCUT2D eigenvalue weighted by Crippen LogP contribution is -2.15. The number of halogens is 2. The number of benzene rings is 2. The van der Waals surface area contributed by atoms with Gasteiger partial charge in [0.05, 0.1) is 0 Å². The summed E-state index contributed by atoms with van der Waals surface area (Å²) in [5, 5.41) is 13.4. The van der Waals surface area contributed by atoms with E-state index in [1.54, 1.807) is 0 Å². The summed E-state index contributed by atoms with van der Waals surface area (Å²) in [5.41, 5.74) is 1.90. The molecule has 0 aliphatic rings. The van der Waals surface area contributed by atoms with Crippen LogP contribution in [0, 0.1) is 0 Å². The van der Waals surface area contributed by atoms with Crippen molar-refractivity contribution in [2.75, 3.05) is 13.2 Å². The van der Waals surface area contributed by atoms with Crippen LogP contribution >= 0.6 is 23.2 Å². The Morgan fingerprint density at radius 1 is 0.917 bits per heavy atom. The zero-order chi connectivity index (χ0) is 17.2. The second kappa shape index (κ2) is 10.6. The topological polar surface area (TPSA) is 41.5 Å². The molecule has 0 bridgehead atoms. The molecule has 0 aromatic heterocycles. The number of nitrogens with one attached hydrogen (secondary N) is 1. The molecule has 0 aliphatic heterocycles. The van der Waals surface area contributed by atoms with E-state index in [0.29, 0.717) is 16.7 Å². The van der Waals surface area contributed by atoms with Gasteiger partial charge in [-0.3, -0.25) is 0 Å². The number of hydrogen-bond donors (Lipinski definition) is 2. The fourth-order valence-electron chi connectivity index (χ4n) is 2.37. The standard InChI is InChI=1S/C19H23Cl2NO2/c20-17-8-6-9-18(21)16(17)14-24-19-10-3-2-7-15(19)13-22-11-4-1-5-12-23/h2-3,6-10,22-23H,1,4-5,11-14H2. The van der Waals surface area contributed by atoms with Crippen LogP contribution in [0.15, 0.2) is 42.5 Å². The number of hydrogen-bond acceptors (Lipinski definition) is 3. The van der Waals surface area contributed by atoms with Crippen molar-refractivity contribution < 1.29 is 9.84 Å². The van der Waals surface area contributed by atoms with Gasteiger partial charge in [-0.05, 0) is 44.0 Å². The van der Waals surface area contributed by atoms with Gasteiger partial charge in [0.2, 0.25) is 0 Å². The zero-order valence-electron chi connectivity index (χ0n) is 13.6. The van der Waals surface area contributed by atoms with E-state index < -0.39 is 0 Å². The van der Waals surface area contributed by atoms with E-state index in [2.05, 4.69) is 5.32 Å². The molecule has 0 aliphatic carbocycles. The Kier molecular flexibility index (Phi) is 8.40. The first-order chi connectivity index (χ1) is 11.7. The largest absolute Gasteiger partial charge is 0.488 e. The number of rotatable bonds is 10. The second-order valence-electron chi connectivity index (χ2n) is 5.56. The van der Waals surface area contributed by atoms with Crippen LogP contribution in [0.3, 0.4) is 0 Å². The van der Waals surface area contributed by atoms with Gasteiger partial charge in [0, 0.05) is 34.3 Å². The normalized spacial score (nSPS) is 10.8. The summed E-state index contributed by atoms with van der Waals surface area (Å²) in [6, 6.07) is 13.4. The van der Waals surface area contributed by atoms with E-state index in [4.69, 9.17) is 33.0 Å². The summed E-state index contributed by atoms with van der Waals surface area (Å²) < 4.78 is 5.94. The van der Waals surface area contributed by atoms with Crippen molar-refractivity contribution in [1.29, 1.82) is 0 Å². The Morgan fingerprint density at radius 2 is 1.67 bits per heavy atom. The van der Waals surface area contributed by atoms with E-state index in [9.17, 15) is 0 Å². The maximum absolute atomic E-state index is 8.77. The van der Waals surface area contributed by atoms with Crippen molar-refractivity contribution in [2.24, 2.45) is 0 Å². The first kappa shape index (κ1) is 19.1. The highest BCUT2D eigenvalue weighted by Crippen LogP contribution is 2.27. The molecule has 0 spiro atoms. The minimum Gasteiger partial charge on any atom is -0.488 e.